The minimum atomic E-state index is -0.718. The smallest absolute Gasteiger partial charge is 0.163 e. The molecule has 1 atom stereocenters. The van der Waals surface area contributed by atoms with Crippen LogP contribution in [0.15, 0.2) is 55.0 Å². The van der Waals surface area contributed by atoms with Gasteiger partial charge in [-0.15, -0.1) is 21.5 Å². The van der Waals surface area contributed by atoms with Crippen molar-refractivity contribution in [2.75, 3.05) is 11.4 Å². The van der Waals surface area contributed by atoms with Crippen LogP contribution in [0.25, 0.3) is 31.9 Å². The number of benzene rings is 2. The number of fused-ring (bicyclic) bond motifs is 2. The first kappa shape index (κ1) is 27.5. The maximum Gasteiger partial charge on any atom is 0.163 e. The number of anilines is 1. The van der Waals surface area contributed by atoms with Crippen LogP contribution in [0.1, 0.15) is 50.8 Å². The molecule has 0 fully saturated rings. The first-order chi connectivity index (χ1) is 19.6. The topological polar surface area (TPSA) is 86.0 Å². The average Bonchev–Trinajstić information content (AvgIpc) is 3.58. The molecule has 8 nitrogen and oxygen atoms in total. The van der Waals surface area contributed by atoms with Crippen LogP contribution in [0.3, 0.4) is 0 Å². The Morgan fingerprint density at radius 3 is 2.61 bits per heavy atom. The normalized spacial score (nSPS) is 14.3. The highest BCUT2D eigenvalue weighted by atomic mass is 35.5. The van der Waals surface area contributed by atoms with Gasteiger partial charge in [0.25, 0.3) is 0 Å². The SMILES string of the molecule is CC(=O)[C@@H](OC(C)(C)C)c1c(C)cc2nc(-c3ccnc(N4CCn5cnnc5C4)c3)sc2c1-c1ccc(Cl)cc1. The first-order valence-corrected chi connectivity index (χ1v) is 14.7. The Morgan fingerprint density at radius 1 is 1.10 bits per heavy atom. The van der Waals surface area contributed by atoms with Gasteiger partial charge in [0.2, 0.25) is 0 Å². The number of thiazole rings is 1. The van der Waals surface area contributed by atoms with Crippen molar-refractivity contribution >= 4 is 44.8 Å². The van der Waals surface area contributed by atoms with Crippen LogP contribution in [-0.4, -0.2) is 42.7 Å². The second-order valence-electron chi connectivity index (χ2n) is 11.3. The molecule has 0 bridgehead atoms. The lowest BCUT2D eigenvalue weighted by Gasteiger charge is -2.29. The molecule has 1 aliphatic heterocycles. The van der Waals surface area contributed by atoms with Crippen LogP contribution in [0.2, 0.25) is 5.02 Å². The van der Waals surface area contributed by atoms with Crippen molar-refractivity contribution in [1.82, 2.24) is 24.7 Å². The predicted molar refractivity (Wildman–Crippen MR) is 163 cm³/mol. The van der Waals surface area contributed by atoms with Gasteiger partial charge >= 0.3 is 0 Å². The molecule has 0 aliphatic carbocycles. The fourth-order valence-electron chi connectivity index (χ4n) is 5.26. The van der Waals surface area contributed by atoms with Crippen LogP contribution in [-0.2, 0) is 22.6 Å². The van der Waals surface area contributed by atoms with Crippen LogP contribution in [0.5, 0.6) is 0 Å². The molecule has 0 radical (unpaired) electrons. The summed E-state index contributed by atoms with van der Waals surface area (Å²) in [5.74, 6) is 1.76. The Balaban J connectivity index is 1.49. The zero-order valence-corrected chi connectivity index (χ0v) is 25.3. The molecule has 0 unspecified atom stereocenters. The van der Waals surface area contributed by atoms with E-state index in [4.69, 9.17) is 21.3 Å². The maximum atomic E-state index is 13.0. The highest BCUT2D eigenvalue weighted by Crippen LogP contribution is 2.44. The Bertz CT molecular complexity index is 1760. The third kappa shape index (κ3) is 5.49. The molecule has 6 rings (SSSR count). The zero-order valence-electron chi connectivity index (χ0n) is 23.7. The molecule has 3 aromatic heterocycles. The van der Waals surface area contributed by atoms with E-state index >= 15 is 0 Å². The van der Waals surface area contributed by atoms with Gasteiger partial charge in [0, 0.05) is 41.0 Å². The molecule has 0 saturated carbocycles. The summed E-state index contributed by atoms with van der Waals surface area (Å²) in [6.45, 7) is 11.8. The van der Waals surface area contributed by atoms with E-state index in [-0.39, 0.29) is 5.78 Å². The van der Waals surface area contributed by atoms with Crippen LogP contribution < -0.4 is 4.90 Å². The number of carbonyl (C=O) groups is 1. The van der Waals surface area contributed by atoms with Crippen LogP contribution >= 0.6 is 22.9 Å². The third-order valence-corrected chi connectivity index (χ3v) is 8.51. The number of Topliss-reactive ketones (excluding diaryl/α,β-unsaturated/α-hetero) is 1. The molecule has 41 heavy (non-hydrogen) atoms. The number of rotatable bonds is 6. The van der Waals surface area contributed by atoms with Gasteiger partial charge in [0.15, 0.2) is 11.6 Å². The van der Waals surface area contributed by atoms with Crippen molar-refractivity contribution < 1.29 is 9.53 Å². The number of nitrogens with zero attached hydrogens (tertiary/aromatic N) is 6. The number of hydrogen-bond acceptors (Lipinski definition) is 8. The summed E-state index contributed by atoms with van der Waals surface area (Å²) in [5.41, 5.74) is 5.08. The van der Waals surface area contributed by atoms with Crippen molar-refractivity contribution in [2.24, 2.45) is 0 Å². The second kappa shape index (κ2) is 10.6. The second-order valence-corrected chi connectivity index (χ2v) is 12.8. The molecule has 0 spiro atoms. The monoisotopic (exact) mass is 586 g/mol. The molecule has 0 saturated heterocycles. The maximum absolute atomic E-state index is 13.0. The van der Waals surface area contributed by atoms with E-state index in [1.165, 1.54) is 0 Å². The number of aryl methyl sites for hydroxylation is 1. The summed E-state index contributed by atoms with van der Waals surface area (Å²) < 4.78 is 9.45. The van der Waals surface area contributed by atoms with E-state index in [2.05, 4.69) is 36.8 Å². The lowest BCUT2D eigenvalue weighted by molar-refractivity contribution is -0.138. The largest absolute Gasteiger partial charge is 0.360 e. The highest BCUT2D eigenvalue weighted by molar-refractivity contribution is 7.22. The summed E-state index contributed by atoms with van der Waals surface area (Å²) in [6, 6.07) is 13.9. The number of carbonyl (C=O) groups excluding carboxylic acids is 1. The van der Waals surface area contributed by atoms with Crippen LogP contribution in [0.4, 0.5) is 5.82 Å². The number of aromatic nitrogens is 5. The Hall–Kier alpha value is -3.66. The van der Waals surface area contributed by atoms with Crippen molar-refractivity contribution in [3.05, 3.63) is 77.0 Å². The standard InChI is InChI=1S/C31H31ClN6O2S/c1-18-14-23-29(27(20-6-8-22(32)9-7-20)26(18)28(19(2)39)40-31(3,4)5)41-30(35-23)21-10-11-33-24(15-21)37-12-13-38-17-34-36-25(38)16-37/h6-11,14-15,17,28H,12-13,16H2,1-5H3/t28-/m1/s1. The zero-order chi connectivity index (χ0) is 28.9. The fraction of sp³-hybridized carbons (Fsp3) is 0.323. The average molecular weight is 587 g/mol. The number of hydrogen-bond donors (Lipinski definition) is 0. The van der Waals surface area contributed by atoms with Crippen molar-refractivity contribution in [3.8, 4) is 21.7 Å². The van der Waals surface area contributed by atoms with Crippen LogP contribution in [0, 0.1) is 6.92 Å². The summed E-state index contributed by atoms with van der Waals surface area (Å²) in [6.07, 6.45) is 2.88. The number of halogens is 1. The summed E-state index contributed by atoms with van der Waals surface area (Å²) in [5, 5.41) is 9.81. The number of ether oxygens (including phenoxy) is 1. The molecule has 4 heterocycles. The minimum Gasteiger partial charge on any atom is -0.360 e. The van der Waals surface area contributed by atoms with Gasteiger partial charge in [-0.3, -0.25) is 4.79 Å². The lowest BCUT2D eigenvalue weighted by Crippen LogP contribution is -2.34. The quantitative estimate of drug-likeness (QED) is 0.211. The predicted octanol–water partition coefficient (Wildman–Crippen LogP) is 7.04. The van der Waals surface area contributed by atoms with Gasteiger partial charge in [-0.25, -0.2) is 9.97 Å². The summed E-state index contributed by atoms with van der Waals surface area (Å²) in [4.78, 5) is 25.0. The molecule has 1 aliphatic rings. The molecule has 0 amide bonds. The molecule has 10 heteroatoms. The molecular formula is C31H31ClN6O2S. The van der Waals surface area contributed by atoms with Gasteiger partial charge in [-0.2, -0.15) is 0 Å². The number of pyridine rings is 1. The molecule has 210 valence electrons. The van der Waals surface area contributed by atoms with E-state index in [0.717, 1.165) is 67.8 Å². The van der Waals surface area contributed by atoms with Crippen molar-refractivity contribution in [1.29, 1.82) is 0 Å². The number of ketones is 1. The third-order valence-electron chi connectivity index (χ3n) is 7.12. The van der Waals surface area contributed by atoms with Gasteiger partial charge in [0.05, 0.1) is 22.4 Å². The van der Waals surface area contributed by atoms with Crippen molar-refractivity contribution in [3.63, 3.8) is 0 Å². The van der Waals surface area contributed by atoms with E-state index in [1.807, 2.05) is 64.2 Å². The van der Waals surface area contributed by atoms with E-state index < -0.39 is 11.7 Å². The van der Waals surface area contributed by atoms with E-state index in [0.29, 0.717) is 11.6 Å². The Labute approximate surface area is 248 Å². The van der Waals surface area contributed by atoms with Gasteiger partial charge in [0.1, 0.15) is 23.3 Å². The summed E-state index contributed by atoms with van der Waals surface area (Å²) >= 11 is 7.87. The molecule has 2 aromatic carbocycles. The summed E-state index contributed by atoms with van der Waals surface area (Å²) in [7, 11) is 0. The van der Waals surface area contributed by atoms with Gasteiger partial charge in [-0.1, -0.05) is 23.7 Å². The first-order valence-electron chi connectivity index (χ1n) is 13.5. The minimum absolute atomic E-state index is 0.0431. The molecule has 5 aromatic rings. The lowest BCUT2D eigenvalue weighted by atomic mass is 9.90. The Kier molecular flexibility index (Phi) is 7.13. The molecule has 0 N–H and O–H groups in total. The fourth-order valence-corrected chi connectivity index (χ4v) is 6.51. The van der Waals surface area contributed by atoms with E-state index in [1.54, 1.807) is 24.6 Å². The van der Waals surface area contributed by atoms with Gasteiger partial charge in [-0.05, 0) is 76.1 Å². The van der Waals surface area contributed by atoms with Crippen molar-refractivity contribution in [2.45, 2.75) is 59.4 Å². The highest BCUT2D eigenvalue weighted by Gasteiger charge is 2.30. The van der Waals surface area contributed by atoms with E-state index in [9.17, 15) is 4.79 Å². The Morgan fingerprint density at radius 2 is 1.88 bits per heavy atom. The molecular weight excluding hydrogens is 556 g/mol. The van der Waals surface area contributed by atoms with Gasteiger partial charge < -0.3 is 14.2 Å².